The van der Waals surface area contributed by atoms with Gasteiger partial charge < -0.3 is 4.90 Å². The van der Waals surface area contributed by atoms with Crippen LogP contribution in [0.5, 0.6) is 0 Å². The summed E-state index contributed by atoms with van der Waals surface area (Å²) in [5, 5.41) is 8.13. The molecular formula is C47H39N. The van der Waals surface area contributed by atoms with Crippen molar-refractivity contribution in [3.63, 3.8) is 0 Å². The predicted molar refractivity (Wildman–Crippen MR) is 208 cm³/mol. The molecule has 8 rings (SSSR count). The number of para-hydroxylation sites is 1. The molecule has 2 aliphatic rings. The molecule has 0 fully saturated rings. The molecule has 6 aromatic rings. The van der Waals surface area contributed by atoms with E-state index < -0.39 is 0 Å². The average Bonchev–Trinajstić information content (AvgIpc) is 3.16. The summed E-state index contributed by atoms with van der Waals surface area (Å²) in [7, 11) is 0. The first-order chi connectivity index (χ1) is 23.7. The normalized spacial score (nSPS) is 14.4. The van der Waals surface area contributed by atoms with Crippen molar-refractivity contribution in [1.82, 2.24) is 0 Å². The SMILES string of the molecule is C/C(=C\C=C\c1ccc(C2=CCCC=C2)cc1)N(c1ccccc1)c1ccc(-c2ccc3c4c(c5ccccc5c3c2)=CCCC=4)cc1. The molecule has 0 atom stereocenters. The molecule has 0 N–H and O–H groups in total. The fourth-order valence-electron chi connectivity index (χ4n) is 7.24. The summed E-state index contributed by atoms with van der Waals surface area (Å²) >= 11 is 0. The zero-order chi connectivity index (χ0) is 32.3. The molecule has 0 bridgehead atoms. The van der Waals surface area contributed by atoms with Gasteiger partial charge in [0.05, 0.1) is 0 Å². The Balaban J connectivity index is 1.10. The topological polar surface area (TPSA) is 3.24 Å². The molecule has 0 saturated carbocycles. The van der Waals surface area contributed by atoms with Gasteiger partial charge in [0.1, 0.15) is 0 Å². The van der Waals surface area contributed by atoms with Crippen molar-refractivity contribution in [1.29, 1.82) is 0 Å². The van der Waals surface area contributed by atoms with E-state index >= 15 is 0 Å². The van der Waals surface area contributed by atoms with E-state index in [0.717, 1.165) is 42.8 Å². The standard InChI is InChI=1S/C47H39N/c1-34(13-12-14-35-23-25-37(26-24-35)36-15-4-2-5-16-36)48(40-17-6-3-7-18-40)41-30-27-38(28-31-41)39-29-32-46-44-21-9-8-19-42(44)43-20-10-11-22-45(43)47(46)33-39/h3-4,6-7,10-33H,2,5,8-9H2,1H3/b14-12+,34-13+. The lowest BCUT2D eigenvalue weighted by atomic mass is 9.92. The van der Waals surface area contributed by atoms with E-state index in [1.165, 1.54) is 59.8 Å². The van der Waals surface area contributed by atoms with Gasteiger partial charge in [-0.25, -0.2) is 0 Å². The first kappa shape index (κ1) is 29.7. The lowest BCUT2D eigenvalue weighted by Gasteiger charge is -2.26. The van der Waals surface area contributed by atoms with Crippen LogP contribution in [0.4, 0.5) is 11.4 Å². The van der Waals surface area contributed by atoms with Gasteiger partial charge in [0.15, 0.2) is 0 Å². The Morgan fingerprint density at radius 2 is 1.17 bits per heavy atom. The smallest absolute Gasteiger partial charge is 0.0458 e. The van der Waals surface area contributed by atoms with Crippen LogP contribution < -0.4 is 15.3 Å². The van der Waals surface area contributed by atoms with Crippen molar-refractivity contribution in [2.24, 2.45) is 0 Å². The van der Waals surface area contributed by atoms with Gasteiger partial charge in [0, 0.05) is 17.1 Å². The molecule has 48 heavy (non-hydrogen) atoms. The molecule has 0 aliphatic heterocycles. The summed E-state index contributed by atoms with van der Waals surface area (Å²) in [4.78, 5) is 2.33. The molecule has 1 heteroatoms. The predicted octanol–water partition coefficient (Wildman–Crippen LogP) is 11.5. The highest BCUT2D eigenvalue weighted by molar-refractivity contribution is 6.09. The number of hydrogen-bond acceptors (Lipinski definition) is 1. The van der Waals surface area contributed by atoms with Gasteiger partial charge in [0.25, 0.3) is 0 Å². The Morgan fingerprint density at radius 3 is 1.90 bits per heavy atom. The third-order valence-corrected chi connectivity index (χ3v) is 9.66. The number of allylic oxidation sites excluding steroid dienone is 7. The summed E-state index contributed by atoms with van der Waals surface area (Å²) in [6.07, 6.45) is 22.7. The molecule has 0 heterocycles. The number of anilines is 2. The molecular weight excluding hydrogens is 579 g/mol. The first-order valence-electron chi connectivity index (χ1n) is 17.2. The van der Waals surface area contributed by atoms with Crippen LogP contribution in [0.3, 0.4) is 0 Å². The Bertz CT molecular complexity index is 2370. The van der Waals surface area contributed by atoms with Crippen LogP contribution in [0.15, 0.2) is 157 Å². The molecule has 0 saturated heterocycles. The van der Waals surface area contributed by atoms with Crippen molar-refractivity contribution >= 4 is 56.7 Å². The highest BCUT2D eigenvalue weighted by atomic mass is 15.1. The monoisotopic (exact) mass is 617 g/mol. The Labute approximate surface area is 283 Å². The molecule has 0 spiro atoms. The van der Waals surface area contributed by atoms with Gasteiger partial charge in [-0.1, -0.05) is 134 Å². The highest BCUT2D eigenvalue weighted by Crippen LogP contribution is 2.33. The molecule has 2 aliphatic carbocycles. The number of benzene rings is 6. The Morgan fingerprint density at radius 1 is 0.542 bits per heavy atom. The molecule has 0 unspecified atom stereocenters. The molecule has 0 amide bonds. The lowest BCUT2D eigenvalue weighted by Crippen LogP contribution is -2.28. The van der Waals surface area contributed by atoms with Crippen LogP contribution in [0, 0.1) is 0 Å². The third-order valence-electron chi connectivity index (χ3n) is 9.66. The number of rotatable bonds is 7. The van der Waals surface area contributed by atoms with Gasteiger partial charge in [-0.2, -0.15) is 0 Å². The van der Waals surface area contributed by atoms with E-state index in [1.54, 1.807) is 0 Å². The van der Waals surface area contributed by atoms with Crippen molar-refractivity contribution in [2.45, 2.75) is 32.6 Å². The second-order valence-corrected chi connectivity index (χ2v) is 12.8. The van der Waals surface area contributed by atoms with Gasteiger partial charge in [-0.3, -0.25) is 0 Å². The van der Waals surface area contributed by atoms with E-state index in [1.807, 2.05) is 0 Å². The van der Waals surface area contributed by atoms with Gasteiger partial charge >= 0.3 is 0 Å². The van der Waals surface area contributed by atoms with Crippen LogP contribution >= 0.6 is 0 Å². The summed E-state index contributed by atoms with van der Waals surface area (Å²) < 4.78 is 0. The summed E-state index contributed by atoms with van der Waals surface area (Å²) in [6.45, 7) is 2.18. The first-order valence-corrected chi connectivity index (χ1v) is 17.2. The maximum absolute atomic E-state index is 2.42. The average molecular weight is 618 g/mol. The molecule has 232 valence electrons. The Kier molecular flexibility index (Phi) is 8.19. The quantitative estimate of drug-likeness (QED) is 0.127. The highest BCUT2D eigenvalue weighted by Gasteiger charge is 2.13. The minimum Gasteiger partial charge on any atom is -0.315 e. The molecule has 1 nitrogen and oxygen atoms in total. The maximum atomic E-state index is 2.42. The summed E-state index contributed by atoms with van der Waals surface area (Å²) in [5.74, 6) is 0. The van der Waals surface area contributed by atoms with Gasteiger partial charge in [-0.15, -0.1) is 0 Å². The molecule has 0 aromatic heterocycles. The van der Waals surface area contributed by atoms with Gasteiger partial charge in [-0.05, 0) is 129 Å². The van der Waals surface area contributed by atoms with Crippen LogP contribution in [0.25, 0.3) is 56.5 Å². The van der Waals surface area contributed by atoms with E-state index in [9.17, 15) is 0 Å². The Hall–Kier alpha value is -5.66. The van der Waals surface area contributed by atoms with E-state index in [2.05, 4.69) is 182 Å². The summed E-state index contributed by atoms with van der Waals surface area (Å²) in [5.41, 5.74) is 9.67. The molecule has 0 radical (unpaired) electrons. The number of fused-ring (bicyclic) bond motifs is 6. The van der Waals surface area contributed by atoms with Crippen molar-refractivity contribution in [3.8, 4) is 11.1 Å². The summed E-state index contributed by atoms with van der Waals surface area (Å²) in [6, 6.07) is 44.3. The van der Waals surface area contributed by atoms with Crippen LogP contribution in [-0.2, 0) is 0 Å². The minimum absolute atomic E-state index is 1.11. The van der Waals surface area contributed by atoms with Crippen LogP contribution in [0.2, 0.25) is 0 Å². The second kappa shape index (κ2) is 13.2. The number of nitrogens with zero attached hydrogens (tertiary/aromatic N) is 1. The van der Waals surface area contributed by atoms with E-state index in [0.29, 0.717) is 0 Å². The van der Waals surface area contributed by atoms with Crippen molar-refractivity contribution in [2.75, 3.05) is 4.90 Å². The van der Waals surface area contributed by atoms with Crippen molar-refractivity contribution < 1.29 is 0 Å². The second-order valence-electron chi connectivity index (χ2n) is 12.8. The minimum atomic E-state index is 1.11. The van der Waals surface area contributed by atoms with Crippen molar-refractivity contribution in [3.05, 3.63) is 179 Å². The largest absolute Gasteiger partial charge is 0.315 e. The third kappa shape index (κ3) is 5.85. The van der Waals surface area contributed by atoms with E-state index in [-0.39, 0.29) is 0 Å². The van der Waals surface area contributed by atoms with Gasteiger partial charge in [0.2, 0.25) is 0 Å². The molecule has 6 aromatic carbocycles. The zero-order valence-electron chi connectivity index (χ0n) is 27.4. The fraction of sp³-hybridized carbons (Fsp3) is 0.106. The maximum Gasteiger partial charge on any atom is 0.0458 e. The van der Waals surface area contributed by atoms with E-state index in [4.69, 9.17) is 0 Å². The fourth-order valence-corrected chi connectivity index (χ4v) is 7.24. The number of hydrogen-bond donors (Lipinski definition) is 0. The lowest BCUT2D eigenvalue weighted by molar-refractivity contribution is 1.04. The zero-order valence-corrected chi connectivity index (χ0v) is 27.4. The van der Waals surface area contributed by atoms with Crippen LogP contribution in [-0.4, -0.2) is 0 Å². The van der Waals surface area contributed by atoms with Crippen LogP contribution in [0.1, 0.15) is 43.7 Å².